The highest BCUT2D eigenvalue weighted by molar-refractivity contribution is 6.09. The van der Waals surface area contributed by atoms with Crippen LogP contribution < -0.4 is 20.1 Å². The second kappa shape index (κ2) is 5.70. The number of carbonyl (C=O) groups excluding carboxylic acids is 3. The Hall–Kier alpha value is -2.77. The van der Waals surface area contributed by atoms with Gasteiger partial charge in [-0.2, -0.15) is 0 Å². The summed E-state index contributed by atoms with van der Waals surface area (Å²) in [6, 6.07) is 4.38. The van der Waals surface area contributed by atoms with Crippen molar-refractivity contribution in [3.05, 3.63) is 23.8 Å². The maximum Gasteiger partial charge on any atom is 0.325 e. The van der Waals surface area contributed by atoms with E-state index in [1.807, 2.05) is 0 Å². The minimum absolute atomic E-state index is 0.0708. The number of hydrogen-bond acceptors (Lipinski definition) is 5. The van der Waals surface area contributed by atoms with E-state index in [2.05, 4.69) is 10.6 Å². The van der Waals surface area contributed by atoms with Gasteiger partial charge in [0.25, 0.3) is 5.91 Å². The average Bonchev–Trinajstić information content (AvgIpc) is 3.05. The normalized spacial score (nSPS) is 22.1. The van der Waals surface area contributed by atoms with Gasteiger partial charge in [0.2, 0.25) is 12.7 Å². The van der Waals surface area contributed by atoms with E-state index in [0.717, 1.165) is 4.90 Å². The summed E-state index contributed by atoms with van der Waals surface area (Å²) in [7, 11) is 0. The zero-order chi connectivity index (χ0) is 17.5. The van der Waals surface area contributed by atoms with E-state index in [0.29, 0.717) is 17.1 Å². The van der Waals surface area contributed by atoms with Crippen molar-refractivity contribution in [2.75, 3.05) is 13.3 Å². The van der Waals surface area contributed by atoms with Crippen molar-refractivity contribution in [1.82, 2.24) is 15.5 Å². The summed E-state index contributed by atoms with van der Waals surface area (Å²) in [6.45, 7) is 5.02. The fourth-order valence-electron chi connectivity index (χ4n) is 2.75. The zero-order valence-electron chi connectivity index (χ0n) is 13.7. The molecule has 128 valence electrons. The Morgan fingerprint density at radius 2 is 2.04 bits per heavy atom. The highest BCUT2D eigenvalue weighted by atomic mass is 16.7. The largest absolute Gasteiger partial charge is 0.454 e. The molecule has 0 saturated carbocycles. The number of amides is 4. The Morgan fingerprint density at radius 1 is 1.33 bits per heavy atom. The standard InChI is InChI=1S/C16H19N3O5/c1-9(2)17-13(20)7-19-14(21)16(3,18-15(19)22)10-4-5-11-12(6-10)24-8-23-11/h4-6,9H,7-8H2,1-3H3,(H,17,20)(H,18,22). The molecule has 1 aromatic carbocycles. The third kappa shape index (κ3) is 2.64. The molecule has 0 aromatic heterocycles. The fraction of sp³-hybridized carbons (Fsp3) is 0.438. The first-order valence-corrected chi connectivity index (χ1v) is 7.65. The van der Waals surface area contributed by atoms with Gasteiger partial charge in [0.1, 0.15) is 12.1 Å². The summed E-state index contributed by atoms with van der Waals surface area (Å²) in [5.74, 6) is 0.243. The van der Waals surface area contributed by atoms with Gasteiger partial charge >= 0.3 is 6.03 Å². The molecule has 2 aliphatic heterocycles. The van der Waals surface area contributed by atoms with Crippen LogP contribution in [0, 0.1) is 0 Å². The third-order valence-corrected chi connectivity index (χ3v) is 3.98. The topological polar surface area (TPSA) is 97.0 Å². The number of carbonyl (C=O) groups is 3. The quantitative estimate of drug-likeness (QED) is 0.791. The lowest BCUT2D eigenvalue weighted by atomic mass is 9.91. The van der Waals surface area contributed by atoms with E-state index < -0.39 is 17.5 Å². The van der Waals surface area contributed by atoms with Gasteiger partial charge in [-0.1, -0.05) is 6.07 Å². The van der Waals surface area contributed by atoms with E-state index in [-0.39, 0.29) is 25.3 Å². The Labute approximate surface area is 139 Å². The van der Waals surface area contributed by atoms with E-state index in [1.165, 1.54) is 0 Å². The molecule has 1 unspecified atom stereocenters. The van der Waals surface area contributed by atoms with Crippen LogP contribution in [0.3, 0.4) is 0 Å². The molecule has 4 amide bonds. The molecule has 1 saturated heterocycles. The van der Waals surface area contributed by atoms with Crippen LogP contribution in [0.5, 0.6) is 11.5 Å². The number of hydrogen-bond donors (Lipinski definition) is 2. The molecule has 0 spiro atoms. The molecule has 1 atom stereocenters. The minimum Gasteiger partial charge on any atom is -0.454 e. The molecule has 3 rings (SSSR count). The second-order valence-corrected chi connectivity index (χ2v) is 6.24. The van der Waals surface area contributed by atoms with E-state index in [9.17, 15) is 14.4 Å². The molecule has 8 heteroatoms. The van der Waals surface area contributed by atoms with Gasteiger partial charge in [-0.05, 0) is 38.5 Å². The molecule has 2 N–H and O–H groups in total. The van der Waals surface area contributed by atoms with Gasteiger partial charge in [-0.15, -0.1) is 0 Å². The molecule has 2 aliphatic rings. The van der Waals surface area contributed by atoms with E-state index in [1.54, 1.807) is 39.0 Å². The number of nitrogens with zero attached hydrogens (tertiary/aromatic N) is 1. The van der Waals surface area contributed by atoms with Crippen LogP contribution >= 0.6 is 0 Å². The number of nitrogens with one attached hydrogen (secondary N) is 2. The number of urea groups is 1. The predicted octanol–water partition coefficient (Wildman–Crippen LogP) is 0.707. The Kier molecular flexibility index (Phi) is 3.82. The number of rotatable bonds is 4. The lowest BCUT2D eigenvalue weighted by Crippen LogP contribution is -2.44. The summed E-state index contributed by atoms with van der Waals surface area (Å²) in [5, 5.41) is 5.32. The maximum atomic E-state index is 12.8. The lowest BCUT2D eigenvalue weighted by Gasteiger charge is -2.22. The third-order valence-electron chi connectivity index (χ3n) is 3.98. The number of benzene rings is 1. The highest BCUT2D eigenvalue weighted by Gasteiger charge is 2.49. The Bertz CT molecular complexity index is 718. The number of imide groups is 1. The van der Waals surface area contributed by atoms with Gasteiger partial charge in [0, 0.05) is 6.04 Å². The highest BCUT2D eigenvalue weighted by Crippen LogP contribution is 2.37. The lowest BCUT2D eigenvalue weighted by molar-refractivity contribution is -0.135. The molecule has 2 heterocycles. The van der Waals surface area contributed by atoms with Gasteiger partial charge in [0.15, 0.2) is 11.5 Å². The number of fused-ring (bicyclic) bond motifs is 1. The van der Waals surface area contributed by atoms with Crippen LogP contribution in [0.4, 0.5) is 4.79 Å². The molecular formula is C16H19N3O5. The van der Waals surface area contributed by atoms with E-state index in [4.69, 9.17) is 9.47 Å². The van der Waals surface area contributed by atoms with Crippen molar-refractivity contribution in [2.24, 2.45) is 0 Å². The summed E-state index contributed by atoms with van der Waals surface area (Å²) < 4.78 is 10.6. The van der Waals surface area contributed by atoms with Crippen LogP contribution in [0.25, 0.3) is 0 Å². The van der Waals surface area contributed by atoms with Crippen LogP contribution in [0.2, 0.25) is 0 Å². The predicted molar refractivity (Wildman–Crippen MR) is 83.4 cm³/mol. The molecule has 0 radical (unpaired) electrons. The summed E-state index contributed by atoms with van der Waals surface area (Å²) in [6.07, 6.45) is 0. The Morgan fingerprint density at radius 3 is 2.75 bits per heavy atom. The SMILES string of the molecule is CC(C)NC(=O)CN1C(=O)NC(C)(c2ccc3c(c2)OCO3)C1=O. The van der Waals surface area contributed by atoms with Crippen LogP contribution in [-0.2, 0) is 15.1 Å². The van der Waals surface area contributed by atoms with Crippen molar-refractivity contribution in [3.63, 3.8) is 0 Å². The first-order chi connectivity index (χ1) is 11.3. The van der Waals surface area contributed by atoms with Gasteiger partial charge in [0.05, 0.1) is 0 Å². The first kappa shape index (κ1) is 16.1. The maximum absolute atomic E-state index is 12.8. The minimum atomic E-state index is -1.25. The molecule has 0 aliphatic carbocycles. The van der Waals surface area contributed by atoms with Gasteiger partial charge in [-0.25, -0.2) is 4.79 Å². The summed E-state index contributed by atoms with van der Waals surface area (Å²) >= 11 is 0. The molecular weight excluding hydrogens is 314 g/mol. The van der Waals surface area contributed by atoms with Crippen molar-refractivity contribution >= 4 is 17.8 Å². The molecule has 1 fully saturated rings. The summed E-state index contributed by atoms with van der Waals surface area (Å²) in [5.41, 5.74) is -0.687. The van der Waals surface area contributed by atoms with Gasteiger partial charge in [-0.3, -0.25) is 14.5 Å². The average molecular weight is 333 g/mol. The molecule has 1 aromatic rings. The van der Waals surface area contributed by atoms with Crippen molar-refractivity contribution in [2.45, 2.75) is 32.4 Å². The number of ether oxygens (including phenoxy) is 2. The summed E-state index contributed by atoms with van der Waals surface area (Å²) in [4.78, 5) is 37.7. The van der Waals surface area contributed by atoms with Crippen LogP contribution in [-0.4, -0.2) is 42.1 Å². The van der Waals surface area contributed by atoms with Crippen molar-refractivity contribution < 1.29 is 23.9 Å². The molecule has 24 heavy (non-hydrogen) atoms. The molecule has 0 bridgehead atoms. The fourth-order valence-corrected chi connectivity index (χ4v) is 2.75. The first-order valence-electron chi connectivity index (χ1n) is 7.65. The van der Waals surface area contributed by atoms with Crippen LogP contribution in [0.1, 0.15) is 26.3 Å². The monoisotopic (exact) mass is 333 g/mol. The van der Waals surface area contributed by atoms with Crippen molar-refractivity contribution in [1.29, 1.82) is 0 Å². The van der Waals surface area contributed by atoms with Crippen molar-refractivity contribution in [3.8, 4) is 11.5 Å². The Balaban J connectivity index is 1.83. The van der Waals surface area contributed by atoms with Crippen LogP contribution in [0.15, 0.2) is 18.2 Å². The molecule has 8 nitrogen and oxygen atoms in total. The zero-order valence-corrected chi connectivity index (χ0v) is 13.7. The second-order valence-electron chi connectivity index (χ2n) is 6.24. The van der Waals surface area contributed by atoms with Gasteiger partial charge < -0.3 is 20.1 Å². The smallest absolute Gasteiger partial charge is 0.325 e. The van der Waals surface area contributed by atoms with E-state index >= 15 is 0 Å².